The third kappa shape index (κ3) is 5.18. The zero-order valence-corrected chi connectivity index (χ0v) is 14.9. The molecule has 0 unspecified atom stereocenters. The van der Waals surface area contributed by atoms with Gasteiger partial charge in [0, 0.05) is 12.4 Å². The van der Waals surface area contributed by atoms with Crippen LogP contribution in [0.25, 0.3) is 11.4 Å². The van der Waals surface area contributed by atoms with E-state index in [0.717, 1.165) is 48.0 Å². The SMILES string of the molecule is Cl.Cl.O[C@@H]1CCCC[C@H]1n1ccc(-c2ccccn2)n1.[O]=[V]. The van der Waals surface area contributed by atoms with E-state index in [1.807, 2.05) is 35.1 Å². The molecule has 5 nitrogen and oxygen atoms in total. The second-order valence-electron chi connectivity index (χ2n) is 4.82. The Kier molecular flexibility index (Phi) is 10.6. The van der Waals surface area contributed by atoms with E-state index in [9.17, 15) is 5.11 Å². The Morgan fingerprint density at radius 3 is 2.45 bits per heavy atom. The maximum absolute atomic E-state index is 10.0. The fourth-order valence-corrected chi connectivity index (χ4v) is 2.57. The second kappa shape index (κ2) is 10.9. The molecule has 0 bridgehead atoms. The van der Waals surface area contributed by atoms with Crippen molar-refractivity contribution in [3.63, 3.8) is 0 Å². The number of hydrogen-bond acceptors (Lipinski definition) is 4. The first kappa shape index (κ1) is 21.3. The zero-order chi connectivity index (χ0) is 14.4. The van der Waals surface area contributed by atoms with E-state index in [2.05, 4.69) is 10.1 Å². The molecule has 2 aromatic rings. The molecule has 22 heavy (non-hydrogen) atoms. The molecule has 0 spiro atoms. The van der Waals surface area contributed by atoms with E-state index in [1.165, 1.54) is 6.42 Å². The summed E-state index contributed by atoms with van der Waals surface area (Å²) in [5.74, 6) is 0. The summed E-state index contributed by atoms with van der Waals surface area (Å²) in [5.41, 5.74) is 1.75. The van der Waals surface area contributed by atoms with Gasteiger partial charge >= 0.3 is 21.0 Å². The van der Waals surface area contributed by atoms with Gasteiger partial charge < -0.3 is 5.11 Å². The fraction of sp³-hybridized carbons (Fsp3) is 0.429. The van der Waals surface area contributed by atoms with Crippen LogP contribution < -0.4 is 0 Å². The van der Waals surface area contributed by atoms with Crippen molar-refractivity contribution in [2.75, 3.05) is 0 Å². The molecule has 1 N–H and O–H groups in total. The number of aliphatic hydroxyl groups excluding tert-OH is 1. The molecule has 0 aromatic carbocycles. The number of hydrogen-bond donors (Lipinski definition) is 1. The molecular weight excluding hydrogens is 364 g/mol. The van der Waals surface area contributed by atoms with Crippen molar-refractivity contribution >= 4 is 24.8 Å². The fourth-order valence-electron chi connectivity index (χ4n) is 2.57. The van der Waals surface area contributed by atoms with Crippen molar-refractivity contribution < 1.29 is 26.1 Å². The van der Waals surface area contributed by atoms with E-state index in [-0.39, 0.29) is 37.0 Å². The minimum atomic E-state index is -0.268. The molecule has 3 rings (SSSR count). The van der Waals surface area contributed by atoms with Crippen LogP contribution in [0.5, 0.6) is 0 Å². The van der Waals surface area contributed by atoms with Gasteiger partial charge in [-0.1, -0.05) is 18.9 Å². The van der Waals surface area contributed by atoms with Gasteiger partial charge in [0.1, 0.15) is 5.69 Å². The van der Waals surface area contributed by atoms with E-state index in [4.69, 9.17) is 3.67 Å². The Morgan fingerprint density at radius 1 is 1.09 bits per heavy atom. The Morgan fingerprint density at radius 2 is 1.82 bits per heavy atom. The number of aromatic nitrogens is 3. The van der Waals surface area contributed by atoms with Crippen molar-refractivity contribution in [1.29, 1.82) is 0 Å². The molecule has 0 amide bonds. The molecule has 0 saturated heterocycles. The first-order valence-electron chi connectivity index (χ1n) is 6.67. The number of rotatable bonds is 2. The van der Waals surface area contributed by atoms with Crippen LogP contribution in [0.2, 0.25) is 0 Å². The Bertz CT molecular complexity index is 542. The van der Waals surface area contributed by atoms with Gasteiger partial charge in [-0.15, -0.1) is 24.8 Å². The summed E-state index contributed by atoms with van der Waals surface area (Å²) in [6, 6.07) is 7.88. The van der Waals surface area contributed by atoms with Gasteiger partial charge in [0.25, 0.3) is 0 Å². The van der Waals surface area contributed by atoms with E-state index in [0.29, 0.717) is 0 Å². The van der Waals surface area contributed by atoms with Crippen LogP contribution in [0.3, 0.4) is 0 Å². The first-order valence-corrected chi connectivity index (χ1v) is 7.24. The molecule has 0 radical (unpaired) electrons. The molecule has 121 valence electrons. The summed E-state index contributed by atoms with van der Waals surface area (Å²) in [6.07, 6.45) is 7.61. The number of aliphatic hydroxyl groups is 1. The summed E-state index contributed by atoms with van der Waals surface area (Å²) in [6.45, 7) is 0. The average molecular weight is 383 g/mol. The molecule has 2 atom stereocenters. The third-order valence-electron chi connectivity index (χ3n) is 3.57. The molecule has 2 aromatic heterocycles. The standard InChI is InChI=1S/C14H17N3O.2ClH.O.V/c18-14-7-2-1-6-13(14)17-10-8-12(16-17)11-5-3-4-9-15-11;;;;/h3-5,8-10,13-14,18H,1-2,6-7H2;2*1H;;/t13-,14-;;;;/m1..../s1. The predicted octanol–water partition coefficient (Wildman–Crippen LogP) is 3.14. The summed E-state index contributed by atoms with van der Waals surface area (Å²) in [4.78, 5) is 4.29. The van der Waals surface area contributed by atoms with Crippen LogP contribution in [0.15, 0.2) is 36.7 Å². The number of pyridine rings is 1. The van der Waals surface area contributed by atoms with Crippen LogP contribution in [0.4, 0.5) is 0 Å². The van der Waals surface area contributed by atoms with Gasteiger partial charge in [0.05, 0.1) is 17.8 Å². The van der Waals surface area contributed by atoms with Gasteiger partial charge in [0.2, 0.25) is 0 Å². The van der Waals surface area contributed by atoms with Crippen LogP contribution in [-0.2, 0) is 21.0 Å². The summed E-state index contributed by atoms with van der Waals surface area (Å²) in [5, 5.41) is 14.6. The monoisotopic (exact) mass is 382 g/mol. The van der Waals surface area contributed by atoms with Gasteiger partial charge in [-0.25, -0.2) is 0 Å². The van der Waals surface area contributed by atoms with Crippen molar-refractivity contribution in [2.45, 2.75) is 37.8 Å². The third-order valence-corrected chi connectivity index (χ3v) is 3.57. The molecule has 0 aliphatic heterocycles. The van der Waals surface area contributed by atoms with Crippen LogP contribution in [0.1, 0.15) is 31.7 Å². The molecule has 1 aliphatic rings. The van der Waals surface area contributed by atoms with Gasteiger partial charge in [-0.05, 0) is 31.0 Å². The molecule has 1 saturated carbocycles. The molecule has 2 heterocycles. The quantitative estimate of drug-likeness (QED) is 0.865. The normalized spacial score (nSPS) is 19.8. The van der Waals surface area contributed by atoms with Crippen LogP contribution in [0, 0.1) is 0 Å². The summed E-state index contributed by atoms with van der Waals surface area (Å²) >= 11 is 1.06. The van der Waals surface area contributed by atoms with Gasteiger partial charge in [-0.2, -0.15) is 5.10 Å². The van der Waals surface area contributed by atoms with Crippen molar-refractivity contribution in [1.82, 2.24) is 14.8 Å². The average Bonchev–Trinajstić information content (AvgIpc) is 3.00. The molecule has 1 fully saturated rings. The Labute approximate surface area is 151 Å². The Balaban J connectivity index is 0.00000106. The number of halogens is 2. The summed E-state index contributed by atoms with van der Waals surface area (Å²) in [7, 11) is 0. The molecule has 1 aliphatic carbocycles. The first-order chi connectivity index (χ1) is 9.84. The summed E-state index contributed by atoms with van der Waals surface area (Å²) < 4.78 is 10.1. The van der Waals surface area contributed by atoms with E-state index in [1.54, 1.807) is 6.20 Å². The molecular formula is C14H19Cl2N3O2V. The van der Waals surface area contributed by atoms with Crippen LogP contribution in [-0.4, -0.2) is 26.0 Å². The molecule has 8 heteroatoms. The minimum absolute atomic E-state index is 0. The topological polar surface area (TPSA) is 68.0 Å². The van der Waals surface area contributed by atoms with Crippen molar-refractivity contribution in [3.8, 4) is 11.4 Å². The second-order valence-corrected chi connectivity index (χ2v) is 4.82. The van der Waals surface area contributed by atoms with Gasteiger partial charge in [0.15, 0.2) is 0 Å². The van der Waals surface area contributed by atoms with Gasteiger partial charge in [-0.3, -0.25) is 9.67 Å². The number of nitrogens with zero attached hydrogens (tertiary/aromatic N) is 3. The maximum atomic E-state index is 10.0. The zero-order valence-electron chi connectivity index (χ0n) is 11.9. The van der Waals surface area contributed by atoms with E-state index >= 15 is 0 Å². The van der Waals surface area contributed by atoms with E-state index < -0.39 is 0 Å². The Hall–Kier alpha value is -0.716. The van der Waals surface area contributed by atoms with Crippen molar-refractivity contribution in [3.05, 3.63) is 36.7 Å². The predicted molar refractivity (Wildman–Crippen MR) is 84.2 cm³/mol. The van der Waals surface area contributed by atoms with Crippen LogP contribution >= 0.6 is 24.8 Å². The van der Waals surface area contributed by atoms with Crippen molar-refractivity contribution in [2.24, 2.45) is 0 Å².